The van der Waals surface area contributed by atoms with Gasteiger partial charge in [-0.25, -0.2) is 0 Å². The van der Waals surface area contributed by atoms with Crippen LogP contribution in [0.1, 0.15) is 60.3 Å². The standard InChI is InChI=1S/C23H35N3O2/c1-6-17(7-2)20(27)25-14-12-23(13-15-25)21(28)26(16-22(3,4)5)19-11-9-8-10-18(19)24-23/h8-11,17,24H,6-7,12-16H2,1-5H3. The lowest BCUT2D eigenvalue weighted by atomic mass is 9.82. The van der Waals surface area contributed by atoms with Crippen molar-refractivity contribution < 1.29 is 9.59 Å². The molecule has 1 fully saturated rings. The van der Waals surface area contributed by atoms with E-state index >= 15 is 0 Å². The number of piperidine rings is 1. The fourth-order valence-corrected chi connectivity index (χ4v) is 4.47. The zero-order chi connectivity index (χ0) is 20.5. The maximum absolute atomic E-state index is 13.6. The molecule has 5 nitrogen and oxygen atoms in total. The lowest BCUT2D eigenvalue weighted by molar-refractivity contribution is -0.139. The summed E-state index contributed by atoms with van der Waals surface area (Å²) < 4.78 is 0. The Bertz CT molecular complexity index is 726. The van der Waals surface area contributed by atoms with Crippen molar-refractivity contribution in [1.29, 1.82) is 0 Å². The molecular formula is C23H35N3O2. The molecule has 1 aromatic carbocycles. The van der Waals surface area contributed by atoms with E-state index in [2.05, 4.69) is 46.0 Å². The minimum atomic E-state index is -0.607. The first-order chi connectivity index (χ1) is 13.2. The van der Waals surface area contributed by atoms with Crippen LogP contribution in [0.2, 0.25) is 0 Å². The maximum atomic E-state index is 13.6. The van der Waals surface area contributed by atoms with Crippen molar-refractivity contribution in [3.05, 3.63) is 24.3 Å². The number of nitrogens with zero attached hydrogens (tertiary/aromatic N) is 2. The van der Waals surface area contributed by atoms with Gasteiger partial charge < -0.3 is 15.1 Å². The Kier molecular flexibility index (Phi) is 5.74. The van der Waals surface area contributed by atoms with Crippen LogP contribution in [0.5, 0.6) is 0 Å². The van der Waals surface area contributed by atoms with Gasteiger partial charge in [0.25, 0.3) is 5.91 Å². The summed E-state index contributed by atoms with van der Waals surface area (Å²) in [7, 11) is 0. The van der Waals surface area contributed by atoms with E-state index in [9.17, 15) is 9.59 Å². The average molecular weight is 386 g/mol. The molecule has 3 rings (SSSR count). The number of hydrogen-bond acceptors (Lipinski definition) is 3. The van der Waals surface area contributed by atoms with Gasteiger partial charge in [-0.3, -0.25) is 9.59 Å². The highest BCUT2D eigenvalue weighted by Crippen LogP contribution is 2.41. The Morgan fingerprint density at radius 2 is 1.75 bits per heavy atom. The van der Waals surface area contributed by atoms with E-state index in [4.69, 9.17) is 0 Å². The van der Waals surface area contributed by atoms with Gasteiger partial charge in [0.05, 0.1) is 11.4 Å². The summed E-state index contributed by atoms with van der Waals surface area (Å²) in [6.45, 7) is 12.6. The number of benzene rings is 1. The monoisotopic (exact) mass is 385 g/mol. The van der Waals surface area contributed by atoms with E-state index < -0.39 is 5.54 Å². The molecule has 1 aromatic rings. The normalized spacial score (nSPS) is 19.0. The third-order valence-electron chi connectivity index (χ3n) is 6.12. The second-order valence-electron chi connectivity index (χ2n) is 9.51. The number of hydrogen-bond donors (Lipinski definition) is 1. The number of amides is 2. The largest absolute Gasteiger partial charge is 0.369 e. The summed E-state index contributed by atoms with van der Waals surface area (Å²) in [6, 6.07) is 8.07. The van der Waals surface area contributed by atoms with Crippen LogP contribution in [-0.4, -0.2) is 41.9 Å². The predicted molar refractivity (Wildman–Crippen MR) is 114 cm³/mol. The summed E-state index contributed by atoms with van der Waals surface area (Å²) in [5, 5.41) is 3.57. The Labute approximate surface area is 169 Å². The van der Waals surface area contributed by atoms with Crippen LogP contribution in [0.15, 0.2) is 24.3 Å². The Balaban J connectivity index is 1.83. The molecule has 0 radical (unpaired) electrons. The van der Waals surface area contributed by atoms with E-state index in [0.717, 1.165) is 24.2 Å². The van der Waals surface area contributed by atoms with Crippen molar-refractivity contribution in [2.24, 2.45) is 11.3 Å². The van der Waals surface area contributed by atoms with Crippen LogP contribution in [0, 0.1) is 11.3 Å². The fourth-order valence-electron chi connectivity index (χ4n) is 4.47. The third kappa shape index (κ3) is 3.89. The quantitative estimate of drug-likeness (QED) is 0.841. The first kappa shape index (κ1) is 20.7. The van der Waals surface area contributed by atoms with Crippen molar-refractivity contribution >= 4 is 23.2 Å². The van der Waals surface area contributed by atoms with E-state index in [1.807, 2.05) is 28.0 Å². The van der Waals surface area contributed by atoms with Crippen LogP contribution >= 0.6 is 0 Å². The molecule has 5 heteroatoms. The zero-order valence-electron chi connectivity index (χ0n) is 18.0. The van der Waals surface area contributed by atoms with E-state index in [1.54, 1.807) is 0 Å². The van der Waals surface area contributed by atoms with Gasteiger partial charge in [-0.2, -0.15) is 0 Å². The van der Waals surface area contributed by atoms with Crippen LogP contribution in [-0.2, 0) is 9.59 Å². The molecule has 0 aromatic heterocycles. The maximum Gasteiger partial charge on any atom is 0.252 e. The van der Waals surface area contributed by atoms with Crippen LogP contribution < -0.4 is 10.2 Å². The second kappa shape index (κ2) is 7.76. The molecule has 154 valence electrons. The van der Waals surface area contributed by atoms with Crippen LogP contribution in [0.25, 0.3) is 0 Å². The highest BCUT2D eigenvalue weighted by molar-refractivity contribution is 6.08. The summed E-state index contributed by atoms with van der Waals surface area (Å²) in [6.07, 6.45) is 3.07. The Hall–Kier alpha value is -2.04. The number of para-hydroxylation sites is 2. The van der Waals surface area contributed by atoms with Gasteiger partial charge in [0.2, 0.25) is 5.91 Å². The van der Waals surface area contributed by atoms with Crippen molar-refractivity contribution in [2.45, 2.75) is 65.8 Å². The molecule has 0 saturated carbocycles. The molecule has 1 spiro atoms. The molecule has 28 heavy (non-hydrogen) atoms. The number of likely N-dealkylation sites (tertiary alicyclic amines) is 1. The molecule has 2 amide bonds. The van der Waals surface area contributed by atoms with Gasteiger partial charge >= 0.3 is 0 Å². The number of nitrogens with one attached hydrogen (secondary N) is 1. The predicted octanol–water partition coefficient (Wildman–Crippen LogP) is 4.29. The average Bonchev–Trinajstić information content (AvgIpc) is 2.66. The topological polar surface area (TPSA) is 52.7 Å². The summed E-state index contributed by atoms with van der Waals surface area (Å²) in [5.74, 6) is 0.494. The molecule has 0 unspecified atom stereocenters. The highest BCUT2D eigenvalue weighted by atomic mass is 16.2. The van der Waals surface area contributed by atoms with Crippen molar-refractivity contribution in [1.82, 2.24) is 4.90 Å². The molecule has 1 N–H and O–H groups in total. The van der Waals surface area contributed by atoms with E-state index in [0.29, 0.717) is 32.5 Å². The summed E-state index contributed by atoms with van der Waals surface area (Å²) in [4.78, 5) is 30.3. The number of fused-ring (bicyclic) bond motifs is 1. The van der Waals surface area contributed by atoms with Gasteiger partial charge in [0.1, 0.15) is 5.54 Å². The molecule has 2 aliphatic heterocycles. The first-order valence-corrected chi connectivity index (χ1v) is 10.7. The lowest BCUT2D eigenvalue weighted by Gasteiger charge is -2.49. The molecule has 2 aliphatic rings. The zero-order valence-corrected chi connectivity index (χ0v) is 18.0. The second-order valence-corrected chi connectivity index (χ2v) is 9.51. The molecule has 1 saturated heterocycles. The summed E-state index contributed by atoms with van der Waals surface area (Å²) >= 11 is 0. The van der Waals surface area contributed by atoms with Gasteiger partial charge in [-0.15, -0.1) is 0 Å². The Morgan fingerprint density at radius 1 is 1.14 bits per heavy atom. The minimum absolute atomic E-state index is 0.00738. The molecule has 0 bridgehead atoms. The van der Waals surface area contributed by atoms with Gasteiger partial charge in [0.15, 0.2) is 0 Å². The number of anilines is 2. The first-order valence-electron chi connectivity index (χ1n) is 10.7. The number of carbonyl (C=O) groups excluding carboxylic acids is 2. The third-order valence-corrected chi connectivity index (χ3v) is 6.12. The summed E-state index contributed by atoms with van der Waals surface area (Å²) in [5.41, 5.74) is 1.38. The van der Waals surface area contributed by atoms with Crippen LogP contribution in [0.4, 0.5) is 11.4 Å². The number of carbonyl (C=O) groups is 2. The van der Waals surface area contributed by atoms with Crippen molar-refractivity contribution in [3.63, 3.8) is 0 Å². The molecular weight excluding hydrogens is 350 g/mol. The molecule has 2 heterocycles. The molecule has 0 atom stereocenters. The van der Waals surface area contributed by atoms with Crippen LogP contribution in [0.3, 0.4) is 0 Å². The van der Waals surface area contributed by atoms with Gasteiger partial charge in [0, 0.05) is 25.6 Å². The van der Waals surface area contributed by atoms with Crippen molar-refractivity contribution in [3.8, 4) is 0 Å². The smallest absolute Gasteiger partial charge is 0.252 e. The molecule has 0 aliphatic carbocycles. The number of rotatable bonds is 4. The lowest BCUT2D eigenvalue weighted by Crippen LogP contribution is -2.63. The fraction of sp³-hybridized carbons (Fsp3) is 0.652. The SMILES string of the molecule is CCC(CC)C(=O)N1CCC2(CC1)Nc1ccccc1N(CC(C)(C)C)C2=O. The van der Waals surface area contributed by atoms with Crippen molar-refractivity contribution in [2.75, 3.05) is 29.9 Å². The van der Waals surface area contributed by atoms with Gasteiger partial charge in [-0.1, -0.05) is 46.8 Å². The van der Waals surface area contributed by atoms with Gasteiger partial charge in [-0.05, 0) is 43.2 Å². The van der Waals surface area contributed by atoms with E-state index in [1.165, 1.54) is 0 Å². The Morgan fingerprint density at radius 3 is 2.32 bits per heavy atom. The minimum Gasteiger partial charge on any atom is -0.369 e. The highest BCUT2D eigenvalue weighted by Gasteiger charge is 2.48. The van der Waals surface area contributed by atoms with E-state index in [-0.39, 0.29) is 23.1 Å².